The number of ketones is 1. The van der Waals surface area contributed by atoms with Gasteiger partial charge in [-0.25, -0.2) is 4.39 Å². The van der Waals surface area contributed by atoms with E-state index < -0.39 is 11.7 Å². The molecular weight excluding hydrogens is 313 g/mol. The van der Waals surface area contributed by atoms with E-state index in [0.29, 0.717) is 26.2 Å². The third kappa shape index (κ3) is 3.90. The summed E-state index contributed by atoms with van der Waals surface area (Å²) >= 11 is 0. The summed E-state index contributed by atoms with van der Waals surface area (Å²) in [4.78, 5) is 38.9. The lowest BCUT2D eigenvalue weighted by Gasteiger charge is -2.36. The standard InChI is InChI=1S/C17H20FN3O3/c18-13-2-1-3-14(10-13)20-6-8-21(9-7-20)15(22)11-19-17(24)16(23)12-4-5-12/h1-3,10,12H,4-9,11H2,(H,19,24). The summed E-state index contributed by atoms with van der Waals surface area (Å²) in [6.45, 7) is 2.05. The molecule has 1 aromatic rings. The van der Waals surface area contributed by atoms with Crippen molar-refractivity contribution in [1.29, 1.82) is 0 Å². The van der Waals surface area contributed by atoms with Crippen LogP contribution in [0.3, 0.4) is 0 Å². The Morgan fingerprint density at radius 1 is 1.12 bits per heavy atom. The fourth-order valence-electron chi connectivity index (χ4n) is 2.77. The van der Waals surface area contributed by atoms with Crippen LogP contribution in [0.5, 0.6) is 0 Å². The summed E-state index contributed by atoms with van der Waals surface area (Å²) in [7, 11) is 0. The number of piperazine rings is 1. The average Bonchev–Trinajstić information content (AvgIpc) is 3.44. The Morgan fingerprint density at radius 2 is 1.83 bits per heavy atom. The molecule has 2 amide bonds. The van der Waals surface area contributed by atoms with Gasteiger partial charge in [-0.05, 0) is 31.0 Å². The Bertz CT molecular complexity index is 652. The van der Waals surface area contributed by atoms with Crippen molar-refractivity contribution in [3.8, 4) is 0 Å². The molecule has 1 aliphatic heterocycles. The van der Waals surface area contributed by atoms with Crippen LogP contribution in [0, 0.1) is 11.7 Å². The molecule has 1 heterocycles. The predicted molar refractivity (Wildman–Crippen MR) is 85.9 cm³/mol. The lowest BCUT2D eigenvalue weighted by molar-refractivity contribution is -0.140. The molecular formula is C17H20FN3O3. The highest BCUT2D eigenvalue weighted by Gasteiger charge is 2.34. The van der Waals surface area contributed by atoms with Crippen LogP contribution in [-0.2, 0) is 14.4 Å². The summed E-state index contributed by atoms with van der Waals surface area (Å²) in [6.07, 6.45) is 1.53. The number of halogens is 1. The lowest BCUT2D eigenvalue weighted by Crippen LogP contribution is -2.51. The van der Waals surface area contributed by atoms with Crippen molar-refractivity contribution in [3.63, 3.8) is 0 Å². The molecule has 7 heteroatoms. The summed E-state index contributed by atoms with van der Waals surface area (Å²) < 4.78 is 13.3. The van der Waals surface area contributed by atoms with Crippen molar-refractivity contribution >= 4 is 23.3 Å². The van der Waals surface area contributed by atoms with E-state index in [4.69, 9.17) is 0 Å². The number of rotatable bonds is 5. The van der Waals surface area contributed by atoms with Crippen LogP contribution < -0.4 is 10.2 Å². The minimum Gasteiger partial charge on any atom is -0.368 e. The van der Waals surface area contributed by atoms with Gasteiger partial charge in [0.05, 0.1) is 6.54 Å². The first kappa shape index (κ1) is 16.4. The van der Waals surface area contributed by atoms with Crippen molar-refractivity contribution in [3.05, 3.63) is 30.1 Å². The van der Waals surface area contributed by atoms with E-state index in [1.807, 2.05) is 11.0 Å². The van der Waals surface area contributed by atoms with Crippen molar-refractivity contribution in [1.82, 2.24) is 10.2 Å². The first-order valence-electron chi connectivity index (χ1n) is 8.15. The van der Waals surface area contributed by atoms with Gasteiger partial charge in [-0.1, -0.05) is 6.07 Å². The van der Waals surface area contributed by atoms with E-state index in [1.165, 1.54) is 12.1 Å². The molecule has 0 radical (unpaired) electrons. The van der Waals surface area contributed by atoms with E-state index in [0.717, 1.165) is 18.5 Å². The maximum Gasteiger partial charge on any atom is 0.288 e. The van der Waals surface area contributed by atoms with Crippen LogP contribution in [0.15, 0.2) is 24.3 Å². The average molecular weight is 333 g/mol. The monoisotopic (exact) mass is 333 g/mol. The van der Waals surface area contributed by atoms with Crippen molar-refractivity contribution < 1.29 is 18.8 Å². The Balaban J connectivity index is 1.44. The Hall–Kier alpha value is -2.44. The maximum absolute atomic E-state index is 13.3. The SMILES string of the molecule is O=C(NCC(=O)N1CCN(c2cccc(F)c2)CC1)C(=O)C1CC1. The van der Waals surface area contributed by atoms with E-state index in [1.54, 1.807) is 11.0 Å². The highest BCUT2D eigenvalue weighted by molar-refractivity contribution is 6.37. The third-order valence-electron chi connectivity index (χ3n) is 4.38. The highest BCUT2D eigenvalue weighted by atomic mass is 19.1. The van der Waals surface area contributed by atoms with Gasteiger partial charge >= 0.3 is 0 Å². The first-order chi connectivity index (χ1) is 11.5. The lowest BCUT2D eigenvalue weighted by atomic mass is 10.2. The molecule has 24 heavy (non-hydrogen) atoms. The molecule has 3 rings (SSSR count). The topological polar surface area (TPSA) is 69.7 Å². The number of benzene rings is 1. The number of hydrogen-bond donors (Lipinski definition) is 1. The molecule has 2 aliphatic rings. The normalized spacial score (nSPS) is 17.5. The summed E-state index contributed by atoms with van der Waals surface area (Å²) in [5.41, 5.74) is 0.797. The van der Waals surface area contributed by atoms with Crippen LogP contribution in [0.25, 0.3) is 0 Å². The van der Waals surface area contributed by atoms with Gasteiger partial charge in [0.25, 0.3) is 5.91 Å². The van der Waals surface area contributed by atoms with Crippen LogP contribution in [0.2, 0.25) is 0 Å². The fourth-order valence-corrected chi connectivity index (χ4v) is 2.77. The minimum absolute atomic E-state index is 0.144. The quantitative estimate of drug-likeness (QED) is 0.800. The molecule has 0 unspecified atom stereocenters. The summed E-state index contributed by atoms with van der Waals surface area (Å²) in [5, 5.41) is 2.41. The molecule has 128 valence electrons. The van der Waals surface area contributed by atoms with Crippen LogP contribution in [0.1, 0.15) is 12.8 Å². The number of carbonyl (C=O) groups excluding carboxylic acids is 3. The number of nitrogens with one attached hydrogen (secondary N) is 1. The van der Waals surface area contributed by atoms with Crippen LogP contribution >= 0.6 is 0 Å². The summed E-state index contributed by atoms with van der Waals surface area (Å²) in [5.74, 6) is -1.71. The number of nitrogens with zero attached hydrogens (tertiary/aromatic N) is 2. The molecule has 0 atom stereocenters. The molecule has 0 bridgehead atoms. The van der Waals surface area contributed by atoms with Crippen LogP contribution in [0.4, 0.5) is 10.1 Å². The van der Waals surface area contributed by atoms with Gasteiger partial charge in [-0.3, -0.25) is 14.4 Å². The largest absolute Gasteiger partial charge is 0.368 e. The molecule has 1 saturated heterocycles. The Labute approximate surface area is 139 Å². The van der Waals surface area contributed by atoms with Gasteiger partial charge in [-0.2, -0.15) is 0 Å². The maximum atomic E-state index is 13.3. The van der Waals surface area contributed by atoms with Crippen molar-refractivity contribution in [2.24, 2.45) is 5.92 Å². The van der Waals surface area contributed by atoms with E-state index in [-0.39, 0.29) is 24.2 Å². The van der Waals surface area contributed by atoms with Gasteiger partial charge in [0.1, 0.15) is 5.82 Å². The number of carbonyl (C=O) groups is 3. The number of anilines is 1. The first-order valence-corrected chi connectivity index (χ1v) is 8.15. The Kier molecular flexibility index (Phi) is 4.78. The third-order valence-corrected chi connectivity index (χ3v) is 4.38. The van der Waals surface area contributed by atoms with E-state index in [2.05, 4.69) is 5.32 Å². The predicted octanol–water partition coefficient (Wildman–Crippen LogP) is 0.570. The van der Waals surface area contributed by atoms with Gasteiger partial charge in [0.2, 0.25) is 11.7 Å². The molecule has 1 aromatic carbocycles. The molecule has 2 fully saturated rings. The minimum atomic E-state index is -0.663. The molecule has 0 aromatic heterocycles. The second-order valence-electron chi connectivity index (χ2n) is 6.17. The smallest absolute Gasteiger partial charge is 0.288 e. The Morgan fingerprint density at radius 3 is 2.46 bits per heavy atom. The molecule has 0 spiro atoms. The number of hydrogen-bond acceptors (Lipinski definition) is 4. The molecule has 1 aliphatic carbocycles. The van der Waals surface area contributed by atoms with E-state index >= 15 is 0 Å². The molecule has 1 N–H and O–H groups in total. The fraction of sp³-hybridized carbons (Fsp3) is 0.471. The van der Waals surface area contributed by atoms with E-state index in [9.17, 15) is 18.8 Å². The second-order valence-corrected chi connectivity index (χ2v) is 6.17. The van der Waals surface area contributed by atoms with Gasteiger partial charge < -0.3 is 15.1 Å². The zero-order valence-corrected chi connectivity index (χ0v) is 13.3. The van der Waals surface area contributed by atoms with Gasteiger partial charge in [0, 0.05) is 37.8 Å². The zero-order chi connectivity index (χ0) is 17.1. The molecule has 1 saturated carbocycles. The molecule has 6 nitrogen and oxygen atoms in total. The summed E-state index contributed by atoms with van der Waals surface area (Å²) in [6, 6.07) is 6.37. The number of amides is 2. The zero-order valence-electron chi connectivity index (χ0n) is 13.3. The highest BCUT2D eigenvalue weighted by Crippen LogP contribution is 2.29. The van der Waals surface area contributed by atoms with Gasteiger partial charge in [-0.15, -0.1) is 0 Å². The van der Waals surface area contributed by atoms with Crippen LogP contribution in [-0.4, -0.2) is 55.2 Å². The van der Waals surface area contributed by atoms with Crippen molar-refractivity contribution in [2.45, 2.75) is 12.8 Å². The van der Waals surface area contributed by atoms with Crippen molar-refractivity contribution in [2.75, 3.05) is 37.6 Å². The van der Waals surface area contributed by atoms with Gasteiger partial charge in [0.15, 0.2) is 0 Å². The second kappa shape index (κ2) is 6.98. The number of Topliss-reactive ketones (excluding diaryl/α,β-unsaturated/α-hetero) is 1.